The molecule has 0 saturated carbocycles. The molecule has 2 atom stereocenters. The van der Waals surface area contributed by atoms with Crippen LogP contribution in [-0.2, 0) is 17.7 Å². The van der Waals surface area contributed by atoms with E-state index in [-0.39, 0.29) is 12.0 Å². The second-order valence-electron chi connectivity index (χ2n) is 8.02. The number of ether oxygens (including phenoxy) is 4. The van der Waals surface area contributed by atoms with Crippen molar-refractivity contribution in [3.63, 3.8) is 0 Å². The lowest BCUT2D eigenvalue weighted by atomic mass is 9.84. The summed E-state index contributed by atoms with van der Waals surface area (Å²) in [4.78, 5) is 2.45. The van der Waals surface area contributed by atoms with Crippen LogP contribution in [0.2, 0.25) is 0 Å². The van der Waals surface area contributed by atoms with Crippen LogP contribution < -0.4 is 14.2 Å². The van der Waals surface area contributed by atoms with Gasteiger partial charge in [0.1, 0.15) is 6.23 Å². The van der Waals surface area contributed by atoms with E-state index in [0.717, 1.165) is 47.4 Å². The number of nitrogens with zero attached hydrogens (tertiary/aromatic N) is 1. The Bertz CT molecular complexity index is 1140. The Kier molecular flexibility index (Phi) is 4.64. The number of aromatic hydroxyl groups is 1. The smallest absolute Gasteiger partial charge is 0.169 e. The van der Waals surface area contributed by atoms with Gasteiger partial charge in [0.15, 0.2) is 23.0 Å². The fraction of sp³-hybridized carbons (Fsp3) is 0.417. The Balaban J connectivity index is 1.90. The number of rotatable bonds is 4. The lowest BCUT2D eigenvalue weighted by molar-refractivity contribution is -0.0276. The van der Waals surface area contributed by atoms with Crippen LogP contribution >= 0.6 is 0 Å². The van der Waals surface area contributed by atoms with Gasteiger partial charge in [-0.3, -0.25) is 4.90 Å². The number of benzene rings is 3. The predicted octanol–water partition coefficient (Wildman–Crippen LogP) is 4.22. The second-order valence-corrected chi connectivity index (χ2v) is 8.02. The van der Waals surface area contributed by atoms with Gasteiger partial charge >= 0.3 is 0 Å². The van der Waals surface area contributed by atoms with Gasteiger partial charge in [-0.05, 0) is 53.3 Å². The van der Waals surface area contributed by atoms with E-state index in [1.807, 2.05) is 18.2 Å². The zero-order valence-corrected chi connectivity index (χ0v) is 17.8. The average Bonchev–Trinajstić information content (AvgIpc) is 3.19. The second kappa shape index (κ2) is 7.22. The average molecular weight is 409 g/mol. The summed E-state index contributed by atoms with van der Waals surface area (Å²) in [6.07, 6.45) is 3.26. The van der Waals surface area contributed by atoms with Crippen LogP contribution in [0.3, 0.4) is 0 Å². The molecule has 2 unspecified atom stereocenters. The van der Waals surface area contributed by atoms with E-state index in [1.54, 1.807) is 28.4 Å². The van der Waals surface area contributed by atoms with Crippen molar-refractivity contribution in [2.24, 2.45) is 0 Å². The van der Waals surface area contributed by atoms with Gasteiger partial charge in [-0.25, -0.2) is 0 Å². The minimum atomic E-state index is 0.126. The Labute approximate surface area is 175 Å². The topological polar surface area (TPSA) is 60.4 Å². The normalized spacial score (nSPS) is 20.9. The van der Waals surface area contributed by atoms with Crippen molar-refractivity contribution in [2.75, 3.05) is 28.4 Å². The summed E-state index contributed by atoms with van der Waals surface area (Å²) in [7, 11) is 6.62. The van der Waals surface area contributed by atoms with E-state index in [2.05, 4.69) is 11.0 Å². The third-order valence-electron chi connectivity index (χ3n) is 6.81. The fourth-order valence-corrected chi connectivity index (χ4v) is 5.43. The maximum Gasteiger partial charge on any atom is 0.169 e. The molecule has 1 fully saturated rings. The molecule has 1 N–H and O–H groups in total. The lowest BCUT2D eigenvalue weighted by Gasteiger charge is -2.36. The van der Waals surface area contributed by atoms with E-state index in [1.165, 1.54) is 11.1 Å². The highest BCUT2D eigenvalue weighted by Gasteiger charge is 2.39. The maximum atomic E-state index is 11.2. The van der Waals surface area contributed by atoms with Crippen molar-refractivity contribution in [3.05, 3.63) is 35.4 Å². The summed E-state index contributed by atoms with van der Waals surface area (Å²) in [6, 6.07) is 8.38. The molecular formula is C24H27NO5. The first kappa shape index (κ1) is 19.3. The van der Waals surface area contributed by atoms with E-state index in [9.17, 15) is 5.11 Å². The van der Waals surface area contributed by atoms with Gasteiger partial charge in [-0.15, -0.1) is 0 Å². The van der Waals surface area contributed by atoms with Crippen molar-refractivity contribution >= 4 is 21.5 Å². The highest BCUT2D eigenvalue weighted by Crippen LogP contribution is 2.50. The molecule has 6 nitrogen and oxygen atoms in total. The minimum Gasteiger partial charge on any atom is -0.504 e. The number of phenolic OH excluding ortho intramolecular Hbond substituents is 1. The van der Waals surface area contributed by atoms with Gasteiger partial charge in [0.2, 0.25) is 0 Å². The molecule has 3 aromatic rings. The summed E-state index contributed by atoms with van der Waals surface area (Å²) in [5.74, 6) is 1.85. The first-order chi connectivity index (χ1) is 14.6. The zero-order valence-electron chi connectivity index (χ0n) is 17.8. The number of phenols is 1. The molecule has 1 saturated heterocycles. The molecule has 0 bridgehead atoms. The molecule has 0 amide bonds. The van der Waals surface area contributed by atoms with Crippen LogP contribution in [0, 0.1) is 0 Å². The van der Waals surface area contributed by atoms with Crippen LogP contribution in [0.1, 0.15) is 24.0 Å². The molecule has 2 heterocycles. The van der Waals surface area contributed by atoms with Gasteiger partial charge < -0.3 is 24.1 Å². The van der Waals surface area contributed by atoms with Crippen LogP contribution in [0.25, 0.3) is 21.5 Å². The Morgan fingerprint density at radius 3 is 2.20 bits per heavy atom. The molecule has 6 heteroatoms. The number of fused-ring (bicyclic) bond motifs is 7. The molecule has 158 valence electrons. The predicted molar refractivity (Wildman–Crippen MR) is 116 cm³/mol. The van der Waals surface area contributed by atoms with Crippen LogP contribution in [0.15, 0.2) is 24.3 Å². The molecule has 0 aliphatic carbocycles. The van der Waals surface area contributed by atoms with Crippen LogP contribution in [-0.4, -0.2) is 50.7 Å². The highest BCUT2D eigenvalue weighted by molar-refractivity contribution is 6.17. The van der Waals surface area contributed by atoms with E-state index < -0.39 is 0 Å². The van der Waals surface area contributed by atoms with Gasteiger partial charge in [-0.1, -0.05) is 12.1 Å². The van der Waals surface area contributed by atoms with Crippen molar-refractivity contribution in [1.82, 2.24) is 4.90 Å². The quantitative estimate of drug-likeness (QED) is 0.651. The zero-order chi connectivity index (χ0) is 21.0. The number of methoxy groups -OCH3 is 4. The van der Waals surface area contributed by atoms with Gasteiger partial charge in [0, 0.05) is 30.5 Å². The standard InChI is InChI=1S/C24H27NO5/c1-27-18-8-6-15-17-12-25-13(5-10-20(25)29-3)11-16(17)14-7-9-19(28-2)24(30-4)22(14)21(15)23(18)26/h6-9,13,20,26H,5,10-12H2,1-4H3. The summed E-state index contributed by atoms with van der Waals surface area (Å²) < 4.78 is 22.5. The summed E-state index contributed by atoms with van der Waals surface area (Å²) in [6.45, 7) is 0.797. The molecular weight excluding hydrogens is 382 g/mol. The first-order valence-electron chi connectivity index (χ1n) is 10.3. The molecule has 2 aliphatic rings. The van der Waals surface area contributed by atoms with E-state index >= 15 is 0 Å². The molecule has 2 aliphatic heterocycles. The highest BCUT2D eigenvalue weighted by atomic mass is 16.5. The largest absolute Gasteiger partial charge is 0.504 e. The minimum absolute atomic E-state index is 0.126. The Morgan fingerprint density at radius 2 is 1.53 bits per heavy atom. The van der Waals surface area contributed by atoms with Gasteiger partial charge in [-0.2, -0.15) is 0 Å². The lowest BCUT2D eigenvalue weighted by Crippen LogP contribution is -2.41. The van der Waals surface area contributed by atoms with Crippen LogP contribution in [0.5, 0.6) is 23.0 Å². The molecule has 0 spiro atoms. The third kappa shape index (κ3) is 2.57. The summed E-state index contributed by atoms with van der Waals surface area (Å²) in [5.41, 5.74) is 2.56. The number of hydrogen-bond donors (Lipinski definition) is 1. The van der Waals surface area contributed by atoms with E-state index in [4.69, 9.17) is 18.9 Å². The fourth-order valence-electron chi connectivity index (χ4n) is 5.43. The first-order valence-corrected chi connectivity index (χ1v) is 10.3. The van der Waals surface area contributed by atoms with Crippen molar-refractivity contribution in [3.8, 4) is 23.0 Å². The van der Waals surface area contributed by atoms with Crippen molar-refractivity contribution in [1.29, 1.82) is 0 Å². The molecule has 5 rings (SSSR count). The van der Waals surface area contributed by atoms with Crippen molar-refractivity contribution in [2.45, 2.75) is 38.1 Å². The Hall–Kier alpha value is -2.70. The number of hydrogen-bond acceptors (Lipinski definition) is 6. The summed E-state index contributed by atoms with van der Waals surface area (Å²) in [5, 5.41) is 14.9. The van der Waals surface area contributed by atoms with Crippen LogP contribution in [0.4, 0.5) is 0 Å². The van der Waals surface area contributed by atoms with Gasteiger partial charge in [0.05, 0.1) is 21.3 Å². The van der Waals surface area contributed by atoms with Crippen molar-refractivity contribution < 1.29 is 24.1 Å². The third-order valence-corrected chi connectivity index (χ3v) is 6.81. The molecule has 3 aromatic carbocycles. The van der Waals surface area contributed by atoms with E-state index in [0.29, 0.717) is 23.3 Å². The van der Waals surface area contributed by atoms with Gasteiger partial charge in [0.25, 0.3) is 0 Å². The maximum absolute atomic E-state index is 11.2. The molecule has 0 radical (unpaired) electrons. The summed E-state index contributed by atoms with van der Waals surface area (Å²) >= 11 is 0. The molecule has 30 heavy (non-hydrogen) atoms. The Morgan fingerprint density at radius 1 is 0.833 bits per heavy atom. The SMILES string of the molecule is COc1ccc2c3c(c4ccc(OC)c(OC)c4c2c1O)CC1CCC(OC)N1C3. The molecule has 0 aromatic heterocycles. The monoisotopic (exact) mass is 409 g/mol.